The minimum atomic E-state index is -0.888. The third kappa shape index (κ3) is 4.33. The summed E-state index contributed by atoms with van der Waals surface area (Å²) in [5, 5.41) is 11.5. The van der Waals surface area contributed by atoms with Crippen LogP contribution in [-0.4, -0.2) is 58.5 Å². The van der Waals surface area contributed by atoms with Gasteiger partial charge in [0.2, 0.25) is 11.8 Å². The lowest BCUT2D eigenvalue weighted by molar-refractivity contribution is -0.140. The highest BCUT2D eigenvalue weighted by Crippen LogP contribution is 2.29. The van der Waals surface area contributed by atoms with Gasteiger partial charge in [-0.05, 0) is 37.0 Å². The summed E-state index contributed by atoms with van der Waals surface area (Å²) in [6, 6.07) is 7.50. The molecule has 2 saturated heterocycles. The quantitative estimate of drug-likeness (QED) is 0.893. The van der Waals surface area contributed by atoms with Gasteiger partial charge in [0, 0.05) is 50.5 Å². The minimum absolute atomic E-state index is 0.0379. The van der Waals surface area contributed by atoms with E-state index in [4.69, 9.17) is 11.6 Å². The second kappa shape index (κ2) is 7.34. The topological polar surface area (TPSA) is 60.9 Å². The average molecular weight is 365 g/mol. The molecule has 1 N–H and O–H groups in total. The predicted octanol–water partition coefficient (Wildman–Crippen LogP) is 2.10. The number of β-amino-alcohol motifs (C(OH)–C–C–N with tert-alkyl or cyclic N) is 1. The summed E-state index contributed by atoms with van der Waals surface area (Å²) >= 11 is 6.02. The maximum atomic E-state index is 12.8. The Morgan fingerprint density at radius 1 is 1.24 bits per heavy atom. The van der Waals surface area contributed by atoms with E-state index in [2.05, 4.69) is 0 Å². The number of rotatable bonds is 3. The highest BCUT2D eigenvalue weighted by molar-refractivity contribution is 6.30. The third-order valence-corrected chi connectivity index (χ3v) is 5.59. The highest BCUT2D eigenvalue weighted by Gasteiger charge is 2.40. The van der Waals surface area contributed by atoms with Gasteiger partial charge in [-0.2, -0.15) is 0 Å². The van der Waals surface area contributed by atoms with E-state index in [-0.39, 0.29) is 17.7 Å². The van der Waals surface area contributed by atoms with E-state index in [1.807, 2.05) is 24.3 Å². The molecule has 0 spiro atoms. The van der Waals surface area contributed by atoms with E-state index in [1.165, 1.54) is 0 Å². The van der Waals surface area contributed by atoms with Gasteiger partial charge >= 0.3 is 0 Å². The fourth-order valence-electron chi connectivity index (χ4n) is 3.92. The van der Waals surface area contributed by atoms with Gasteiger partial charge < -0.3 is 14.9 Å². The lowest BCUT2D eigenvalue weighted by atomic mass is 9.93. The molecule has 2 amide bonds. The molecule has 0 bridgehead atoms. The predicted molar refractivity (Wildman–Crippen MR) is 96.3 cm³/mol. The second-order valence-corrected chi connectivity index (χ2v) is 7.76. The van der Waals surface area contributed by atoms with Crippen molar-refractivity contribution in [2.45, 2.75) is 38.2 Å². The molecule has 2 fully saturated rings. The van der Waals surface area contributed by atoms with Crippen LogP contribution in [0.25, 0.3) is 0 Å². The van der Waals surface area contributed by atoms with Crippen molar-refractivity contribution in [1.29, 1.82) is 0 Å². The number of carbonyl (C=O) groups excluding carboxylic acids is 2. The SMILES string of the molecule is CC(=O)N1CCC(C(=O)N2CC[C@@](O)(Cc3cccc(Cl)c3)C2)CC1. The number of hydrogen-bond donors (Lipinski definition) is 1. The van der Waals surface area contributed by atoms with Crippen molar-refractivity contribution in [2.75, 3.05) is 26.2 Å². The van der Waals surface area contributed by atoms with Crippen LogP contribution in [0.4, 0.5) is 0 Å². The van der Waals surface area contributed by atoms with Crippen molar-refractivity contribution in [1.82, 2.24) is 9.80 Å². The maximum Gasteiger partial charge on any atom is 0.225 e. The molecule has 5 nitrogen and oxygen atoms in total. The summed E-state index contributed by atoms with van der Waals surface area (Å²) in [4.78, 5) is 27.7. The first-order valence-corrected chi connectivity index (χ1v) is 9.25. The van der Waals surface area contributed by atoms with E-state index in [0.717, 1.165) is 5.56 Å². The Hall–Kier alpha value is -1.59. The van der Waals surface area contributed by atoms with E-state index < -0.39 is 5.60 Å². The van der Waals surface area contributed by atoms with Crippen LogP contribution in [0.5, 0.6) is 0 Å². The number of piperidine rings is 1. The summed E-state index contributed by atoms with van der Waals surface area (Å²) in [6.45, 7) is 3.81. The van der Waals surface area contributed by atoms with Crippen LogP contribution in [0.15, 0.2) is 24.3 Å². The van der Waals surface area contributed by atoms with E-state index in [1.54, 1.807) is 16.7 Å². The molecule has 1 aromatic carbocycles. The normalized spacial score (nSPS) is 24.6. The van der Waals surface area contributed by atoms with Gasteiger partial charge in [-0.15, -0.1) is 0 Å². The van der Waals surface area contributed by atoms with Crippen LogP contribution in [0, 0.1) is 5.92 Å². The molecule has 6 heteroatoms. The molecule has 0 unspecified atom stereocenters. The molecule has 25 heavy (non-hydrogen) atoms. The van der Waals surface area contributed by atoms with Crippen molar-refractivity contribution in [3.05, 3.63) is 34.9 Å². The second-order valence-electron chi connectivity index (χ2n) is 7.32. The Kier molecular flexibility index (Phi) is 5.35. The van der Waals surface area contributed by atoms with Gasteiger partial charge in [-0.25, -0.2) is 0 Å². The van der Waals surface area contributed by atoms with Crippen molar-refractivity contribution in [2.24, 2.45) is 5.92 Å². The van der Waals surface area contributed by atoms with Crippen LogP contribution in [0.1, 0.15) is 31.7 Å². The number of hydrogen-bond acceptors (Lipinski definition) is 3. The fraction of sp³-hybridized carbons (Fsp3) is 0.579. The molecule has 0 aliphatic carbocycles. The van der Waals surface area contributed by atoms with Gasteiger partial charge in [0.15, 0.2) is 0 Å². The zero-order valence-corrected chi connectivity index (χ0v) is 15.3. The highest BCUT2D eigenvalue weighted by atomic mass is 35.5. The molecule has 3 rings (SSSR count). The van der Waals surface area contributed by atoms with Gasteiger partial charge in [-0.3, -0.25) is 9.59 Å². The van der Waals surface area contributed by atoms with Crippen molar-refractivity contribution < 1.29 is 14.7 Å². The Bertz CT molecular complexity index is 658. The van der Waals surface area contributed by atoms with Crippen molar-refractivity contribution in [3.8, 4) is 0 Å². The molecule has 0 saturated carbocycles. The van der Waals surface area contributed by atoms with Gasteiger partial charge in [0.1, 0.15) is 0 Å². The maximum absolute atomic E-state index is 12.8. The largest absolute Gasteiger partial charge is 0.388 e. The summed E-state index contributed by atoms with van der Waals surface area (Å²) < 4.78 is 0. The summed E-state index contributed by atoms with van der Waals surface area (Å²) in [7, 11) is 0. The molecular weight excluding hydrogens is 340 g/mol. The lowest BCUT2D eigenvalue weighted by Crippen LogP contribution is -2.44. The number of amides is 2. The number of likely N-dealkylation sites (tertiary alicyclic amines) is 2. The van der Waals surface area contributed by atoms with Gasteiger partial charge in [-0.1, -0.05) is 23.7 Å². The van der Waals surface area contributed by atoms with Crippen molar-refractivity contribution >= 4 is 23.4 Å². The molecule has 2 aliphatic rings. The first kappa shape index (κ1) is 18.2. The first-order chi connectivity index (χ1) is 11.9. The van der Waals surface area contributed by atoms with E-state index in [9.17, 15) is 14.7 Å². The standard InChI is InChI=1S/C19H25ClN2O3/c1-14(23)21-8-5-16(6-9-21)18(24)22-10-7-19(25,13-22)12-15-3-2-4-17(20)11-15/h2-4,11,16,25H,5-10,12-13H2,1H3/t19-/m1/s1. The number of aliphatic hydroxyl groups is 1. The average Bonchev–Trinajstić information content (AvgIpc) is 2.96. The zero-order chi connectivity index (χ0) is 18.0. The number of nitrogens with zero attached hydrogens (tertiary/aromatic N) is 2. The zero-order valence-electron chi connectivity index (χ0n) is 14.6. The smallest absolute Gasteiger partial charge is 0.225 e. The Morgan fingerprint density at radius 3 is 2.60 bits per heavy atom. The molecular formula is C19H25ClN2O3. The van der Waals surface area contributed by atoms with Crippen LogP contribution in [0.2, 0.25) is 5.02 Å². The third-order valence-electron chi connectivity index (χ3n) is 5.36. The molecule has 0 aromatic heterocycles. The van der Waals surface area contributed by atoms with Crippen LogP contribution in [0.3, 0.4) is 0 Å². The van der Waals surface area contributed by atoms with Gasteiger partial charge in [0.25, 0.3) is 0 Å². The lowest BCUT2D eigenvalue weighted by Gasteiger charge is -2.33. The summed E-state index contributed by atoms with van der Waals surface area (Å²) in [5.74, 6) is 0.150. The van der Waals surface area contributed by atoms with Crippen LogP contribution in [-0.2, 0) is 16.0 Å². The molecule has 0 radical (unpaired) electrons. The Morgan fingerprint density at radius 2 is 1.96 bits per heavy atom. The number of halogens is 1. The van der Waals surface area contributed by atoms with Crippen LogP contribution >= 0.6 is 11.6 Å². The number of benzene rings is 1. The summed E-state index contributed by atoms with van der Waals surface area (Å²) in [6.07, 6.45) is 2.50. The van der Waals surface area contributed by atoms with Crippen molar-refractivity contribution in [3.63, 3.8) is 0 Å². The molecule has 1 aromatic rings. The van der Waals surface area contributed by atoms with Crippen LogP contribution < -0.4 is 0 Å². The fourth-order valence-corrected chi connectivity index (χ4v) is 4.13. The molecule has 136 valence electrons. The Balaban J connectivity index is 1.57. The van der Waals surface area contributed by atoms with E-state index in [0.29, 0.717) is 56.9 Å². The Labute approximate surface area is 153 Å². The molecule has 2 heterocycles. The van der Waals surface area contributed by atoms with E-state index >= 15 is 0 Å². The number of carbonyl (C=O) groups is 2. The first-order valence-electron chi connectivity index (χ1n) is 8.87. The minimum Gasteiger partial charge on any atom is -0.388 e. The van der Waals surface area contributed by atoms with Gasteiger partial charge in [0.05, 0.1) is 5.60 Å². The molecule has 2 aliphatic heterocycles. The monoisotopic (exact) mass is 364 g/mol. The summed E-state index contributed by atoms with van der Waals surface area (Å²) in [5.41, 5.74) is 0.0968. The molecule has 1 atom stereocenters.